The van der Waals surface area contributed by atoms with Crippen molar-refractivity contribution in [2.24, 2.45) is 0 Å². The largest absolute Gasteiger partial charge is 0.398 e. The first kappa shape index (κ1) is 10.5. The van der Waals surface area contributed by atoms with Gasteiger partial charge in [0.15, 0.2) is 0 Å². The number of halogens is 1. The molecule has 16 heavy (non-hydrogen) atoms. The van der Waals surface area contributed by atoms with Crippen molar-refractivity contribution < 1.29 is 0 Å². The molecule has 0 amide bonds. The van der Waals surface area contributed by atoms with Crippen LogP contribution in [-0.2, 0) is 0 Å². The van der Waals surface area contributed by atoms with Crippen LogP contribution in [0.2, 0.25) is 5.02 Å². The second-order valence-electron chi connectivity index (χ2n) is 3.42. The van der Waals surface area contributed by atoms with Gasteiger partial charge in [-0.25, -0.2) is 0 Å². The van der Waals surface area contributed by atoms with E-state index in [1.807, 2.05) is 12.1 Å². The van der Waals surface area contributed by atoms with Crippen molar-refractivity contribution in [2.45, 2.75) is 0 Å². The zero-order valence-corrected chi connectivity index (χ0v) is 9.20. The predicted molar refractivity (Wildman–Crippen MR) is 66.0 cm³/mol. The van der Waals surface area contributed by atoms with E-state index in [-0.39, 0.29) is 0 Å². The van der Waals surface area contributed by atoms with Crippen LogP contribution in [0.5, 0.6) is 0 Å². The van der Waals surface area contributed by atoms with Gasteiger partial charge < -0.3 is 5.73 Å². The number of nitrogens with zero attached hydrogens (tertiary/aromatic N) is 1. The average molecular weight is 229 g/mol. The fourth-order valence-electron chi connectivity index (χ4n) is 1.51. The first-order valence-corrected chi connectivity index (χ1v) is 5.14. The van der Waals surface area contributed by atoms with Crippen molar-refractivity contribution in [2.75, 3.05) is 5.73 Å². The van der Waals surface area contributed by atoms with E-state index in [4.69, 9.17) is 22.6 Å². The SMILES string of the molecule is N#Cc1ccc(N)c(-c2ccc(Cl)cc2)c1. The van der Waals surface area contributed by atoms with Crippen LogP contribution in [0, 0.1) is 11.3 Å². The molecule has 3 heteroatoms. The van der Waals surface area contributed by atoms with E-state index in [1.54, 1.807) is 30.3 Å². The topological polar surface area (TPSA) is 49.8 Å². The van der Waals surface area contributed by atoms with Crippen molar-refractivity contribution >= 4 is 17.3 Å². The highest BCUT2D eigenvalue weighted by atomic mass is 35.5. The maximum absolute atomic E-state index is 8.83. The maximum atomic E-state index is 8.83. The number of nitrogens with two attached hydrogens (primary N) is 1. The summed E-state index contributed by atoms with van der Waals surface area (Å²) in [6.07, 6.45) is 0. The molecule has 2 aromatic rings. The molecule has 0 saturated heterocycles. The summed E-state index contributed by atoms with van der Waals surface area (Å²) in [5.41, 5.74) is 8.94. The Morgan fingerprint density at radius 1 is 1.06 bits per heavy atom. The van der Waals surface area contributed by atoms with E-state index in [9.17, 15) is 0 Å². The fraction of sp³-hybridized carbons (Fsp3) is 0. The first-order valence-electron chi connectivity index (χ1n) is 4.76. The van der Waals surface area contributed by atoms with Crippen LogP contribution < -0.4 is 5.73 Å². The molecule has 2 N–H and O–H groups in total. The summed E-state index contributed by atoms with van der Waals surface area (Å²) in [5.74, 6) is 0. The third-order valence-corrected chi connectivity index (χ3v) is 2.59. The Balaban J connectivity index is 2.55. The van der Waals surface area contributed by atoms with Gasteiger partial charge in [-0.05, 0) is 35.9 Å². The minimum absolute atomic E-state index is 0.596. The number of hydrogen-bond donors (Lipinski definition) is 1. The maximum Gasteiger partial charge on any atom is 0.0991 e. The molecule has 0 aliphatic carbocycles. The number of hydrogen-bond acceptors (Lipinski definition) is 2. The number of nitrogen functional groups attached to an aromatic ring is 1. The molecule has 78 valence electrons. The molecule has 0 heterocycles. The average Bonchev–Trinajstić information content (AvgIpc) is 2.31. The Morgan fingerprint density at radius 2 is 1.75 bits per heavy atom. The summed E-state index contributed by atoms with van der Waals surface area (Å²) in [5, 5.41) is 9.51. The van der Waals surface area contributed by atoms with Gasteiger partial charge in [0.25, 0.3) is 0 Å². The molecule has 0 bridgehead atoms. The number of anilines is 1. The van der Waals surface area contributed by atoms with E-state index >= 15 is 0 Å². The third-order valence-electron chi connectivity index (χ3n) is 2.34. The summed E-state index contributed by atoms with van der Waals surface area (Å²) in [6.45, 7) is 0. The number of nitriles is 1. The van der Waals surface area contributed by atoms with E-state index in [2.05, 4.69) is 6.07 Å². The molecule has 0 radical (unpaired) electrons. The molecule has 0 aliphatic rings. The summed E-state index contributed by atoms with van der Waals surface area (Å²) in [4.78, 5) is 0. The van der Waals surface area contributed by atoms with E-state index in [0.29, 0.717) is 16.3 Å². The zero-order chi connectivity index (χ0) is 11.5. The first-order chi connectivity index (χ1) is 7.70. The minimum Gasteiger partial charge on any atom is -0.398 e. The van der Waals surface area contributed by atoms with Crippen molar-refractivity contribution in [1.29, 1.82) is 5.26 Å². The number of rotatable bonds is 1. The van der Waals surface area contributed by atoms with Gasteiger partial charge in [0.2, 0.25) is 0 Å². The summed E-state index contributed by atoms with van der Waals surface area (Å²) >= 11 is 5.81. The Kier molecular flexibility index (Phi) is 2.80. The van der Waals surface area contributed by atoms with Gasteiger partial charge in [0.1, 0.15) is 0 Å². The smallest absolute Gasteiger partial charge is 0.0991 e. The van der Waals surface area contributed by atoms with Crippen LogP contribution in [0.25, 0.3) is 11.1 Å². The van der Waals surface area contributed by atoms with Gasteiger partial charge in [-0.1, -0.05) is 23.7 Å². The molecule has 0 aliphatic heterocycles. The third kappa shape index (κ3) is 2.00. The molecule has 0 unspecified atom stereocenters. The molecule has 2 rings (SSSR count). The molecule has 0 fully saturated rings. The van der Waals surface area contributed by atoms with Crippen LogP contribution in [0.3, 0.4) is 0 Å². The summed E-state index contributed by atoms with van der Waals surface area (Å²) < 4.78 is 0. The van der Waals surface area contributed by atoms with Crippen LogP contribution >= 0.6 is 11.6 Å². The van der Waals surface area contributed by atoms with Gasteiger partial charge in [-0.15, -0.1) is 0 Å². The van der Waals surface area contributed by atoms with Crippen molar-refractivity contribution in [3.05, 3.63) is 53.1 Å². The Labute approximate surface area is 98.9 Å². The Morgan fingerprint density at radius 3 is 2.38 bits per heavy atom. The molecule has 0 saturated carbocycles. The van der Waals surface area contributed by atoms with E-state index < -0.39 is 0 Å². The molecule has 0 atom stereocenters. The molecule has 2 nitrogen and oxygen atoms in total. The van der Waals surface area contributed by atoms with Crippen molar-refractivity contribution in [3.8, 4) is 17.2 Å². The van der Waals surface area contributed by atoms with Crippen LogP contribution in [0.15, 0.2) is 42.5 Å². The number of benzene rings is 2. The highest BCUT2D eigenvalue weighted by Gasteiger charge is 2.03. The monoisotopic (exact) mass is 228 g/mol. The van der Waals surface area contributed by atoms with E-state index in [1.165, 1.54) is 0 Å². The molecular weight excluding hydrogens is 220 g/mol. The quantitative estimate of drug-likeness (QED) is 0.760. The lowest BCUT2D eigenvalue weighted by atomic mass is 10.0. The standard InChI is InChI=1S/C13H9ClN2/c14-11-4-2-10(3-5-11)12-7-9(8-15)1-6-13(12)16/h1-7H,16H2. The summed E-state index contributed by atoms with van der Waals surface area (Å²) in [7, 11) is 0. The van der Waals surface area contributed by atoms with Gasteiger partial charge in [0, 0.05) is 16.3 Å². The summed E-state index contributed by atoms with van der Waals surface area (Å²) in [6, 6.07) is 14.7. The lowest BCUT2D eigenvalue weighted by Gasteiger charge is -2.06. The van der Waals surface area contributed by atoms with Crippen LogP contribution in [0.1, 0.15) is 5.56 Å². The lowest BCUT2D eigenvalue weighted by Crippen LogP contribution is -1.90. The second-order valence-corrected chi connectivity index (χ2v) is 3.86. The lowest BCUT2D eigenvalue weighted by molar-refractivity contribution is 1.48. The fourth-order valence-corrected chi connectivity index (χ4v) is 1.63. The highest BCUT2D eigenvalue weighted by Crippen LogP contribution is 2.27. The van der Waals surface area contributed by atoms with Crippen molar-refractivity contribution in [1.82, 2.24) is 0 Å². The van der Waals surface area contributed by atoms with E-state index in [0.717, 1.165) is 11.1 Å². The Hall–Kier alpha value is -1.98. The van der Waals surface area contributed by atoms with Gasteiger partial charge in [-0.2, -0.15) is 5.26 Å². The Bertz CT molecular complexity index is 553. The van der Waals surface area contributed by atoms with Crippen LogP contribution in [-0.4, -0.2) is 0 Å². The molecular formula is C13H9ClN2. The molecule has 2 aromatic carbocycles. The van der Waals surface area contributed by atoms with Gasteiger partial charge >= 0.3 is 0 Å². The molecule has 0 aromatic heterocycles. The molecule has 0 spiro atoms. The zero-order valence-electron chi connectivity index (χ0n) is 8.44. The normalized spacial score (nSPS) is 9.75. The van der Waals surface area contributed by atoms with Crippen LogP contribution in [0.4, 0.5) is 5.69 Å². The predicted octanol–water partition coefficient (Wildman–Crippen LogP) is 3.46. The van der Waals surface area contributed by atoms with Gasteiger partial charge in [-0.3, -0.25) is 0 Å². The van der Waals surface area contributed by atoms with Gasteiger partial charge in [0.05, 0.1) is 11.6 Å². The minimum atomic E-state index is 0.596. The van der Waals surface area contributed by atoms with Crippen molar-refractivity contribution in [3.63, 3.8) is 0 Å². The highest BCUT2D eigenvalue weighted by molar-refractivity contribution is 6.30. The second kappa shape index (κ2) is 4.26.